The molecule has 208 valence electrons. The van der Waals surface area contributed by atoms with Crippen molar-refractivity contribution in [2.45, 2.75) is 90.1 Å². The minimum absolute atomic E-state index is 0.0422. The number of nitrogens with zero attached hydrogens (tertiary/aromatic N) is 4. The maximum Gasteiger partial charge on any atom is 0.267 e. The van der Waals surface area contributed by atoms with Crippen molar-refractivity contribution in [1.29, 1.82) is 0 Å². The number of amides is 4. The van der Waals surface area contributed by atoms with Gasteiger partial charge in [-0.2, -0.15) is 0 Å². The van der Waals surface area contributed by atoms with Gasteiger partial charge >= 0.3 is 0 Å². The molecule has 0 bridgehead atoms. The second-order valence-electron chi connectivity index (χ2n) is 10.1. The summed E-state index contributed by atoms with van der Waals surface area (Å²) in [5.41, 5.74) is 0. The average molecular weight is 597 g/mol. The van der Waals surface area contributed by atoms with Gasteiger partial charge in [0.1, 0.15) is 8.64 Å². The molecular formula is C26H36N4O4S4. The van der Waals surface area contributed by atoms with Crippen molar-refractivity contribution in [3.05, 3.63) is 9.81 Å². The molecule has 38 heavy (non-hydrogen) atoms. The van der Waals surface area contributed by atoms with Gasteiger partial charge in [-0.15, -0.1) is 0 Å². The highest BCUT2D eigenvalue weighted by Gasteiger charge is 2.42. The van der Waals surface area contributed by atoms with Crippen molar-refractivity contribution in [1.82, 2.24) is 19.6 Å². The summed E-state index contributed by atoms with van der Waals surface area (Å²) in [4.78, 5) is 59.6. The molecule has 4 aliphatic rings. The molecule has 0 aliphatic carbocycles. The van der Waals surface area contributed by atoms with E-state index in [4.69, 9.17) is 24.4 Å². The summed E-state index contributed by atoms with van der Waals surface area (Å²) in [5.74, 6) is -0.621. The molecule has 2 atom stereocenters. The Hall–Kier alpha value is -1.50. The second-order valence-corrected chi connectivity index (χ2v) is 13.4. The molecule has 2 unspecified atom stereocenters. The monoisotopic (exact) mass is 596 g/mol. The van der Waals surface area contributed by atoms with E-state index in [0.29, 0.717) is 8.64 Å². The van der Waals surface area contributed by atoms with E-state index in [0.717, 1.165) is 88.0 Å². The average Bonchev–Trinajstić information content (AvgIpc) is 3.38. The van der Waals surface area contributed by atoms with Gasteiger partial charge in [-0.05, 0) is 51.4 Å². The molecule has 8 nitrogen and oxygen atoms in total. The first kappa shape index (κ1) is 29.5. The van der Waals surface area contributed by atoms with Crippen LogP contribution in [-0.2, 0) is 19.2 Å². The largest absolute Gasteiger partial charge is 0.340 e. The minimum Gasteiger partial charge on any atom is -0.340 e. The zero-order chi connectivity index (χ0) is 27.4. The lowest BCUT2D eigenvalue weighted by atomic mass is 9.99. The Balaban J connectivity index is 1.36. The molecule has 4 saturated heterocycles. The molecule has 0 aromatic heterocycles. The number of thioether (sulfide) groups is 2. The molecule has 0 radical (unpaired) electrons. The Labute approximate surface area is 244 Å². The van der Waals surface area contributed by atoms with Crippen LogP contribution in [0.3, 0.4) is 0 Å². The first-order valence-corrected chi connectivity index (χ1v) is 16.1. The number of rotatable bonds is 8. The zero-order valence-electron chi connectivity index (χ0n) is 22.1. The van der Waals surface area contributed by atoms with Gasteiger partial charge in [0.2, 0.25) is 11.8 Å². The summed E-state index contributed by atoms with van der Waals surface area (Å²) < 4.78 is 0.694. The summed E-state index contributed by atoms with van der Waals surface area (Å²) in [6.07, 6.45) is 8.60. The van der Waals surface area contributed by atoms with Gasteiger partial charge in [-0.3, -0.25) is 29.0 Å². The van der Waals surface area contributed by atoms with Gasteiger partial charge in [-0.25, -0.2) is 0 Å². The van der Waals surface area contributed by atoms with Crippen molar-refractivity contribution in [2.75, 3.05) is 26.2 Å². The Morgan fingerprint density at radius 1 is 0.737 bits per heavy atom. The Kier molecular flexibility index (Phi) is 10.3. The van der Waals surface area contributed by atoms with E-state index < -0.39 is 0 Å². The van der Waals surface area contributed by atoms with Crippen LogP contribution < -0.4 is 0 Å². The van der Waals surface area contributed by atoms with Crippen LogP contribution in [0.5, 0.6) is 0 Å². The van der Waals surface area contributed by atoms with E-state index in [1.165, 1.54) is 9.80 Å². The number of carbonyl (C=O) groups excluding carboxylic acids is 4. The highest BCUT2D eigenvalue weighted by molar-refractivity contribution is 8.29. The number of likely N-dealkylation sites (tertiary alicyclic amines) is 2. The Morgan fingerprint density at radius 3 is 1.50 bits per heavy atom. The Bertz CT molecular complexity index is 968. The predicted octanol–water partition coefficient (Wildman–Crippen LogP) is 4.28. The lowest BCUT2D eigenvalue weighted by Gasteiger charge is -2.35. The van der Waals surface area contributed by atoms with E-state index in [1.54, 1.807) is 0 Å². The summed E-state index contributed by atoms with van der Waals surface area (Å²) in [6, 6.07) is 0.525. The normalized spacial score (nSPS) is 26.7. The molecule has 0 saturated carbocycles. The van der Waals surface area contributed by atoms with Crippen LogP contribution in [0.4, 0.5) is 0 Å². The van der Waals surface area contributed by atoms with Gasteiger partial charge in [-0.1, -0.05) is 61.8 Å². The maximum atomic E-state index is 13.3. The summed E-state index contributed by atoms with van der Waals surface area (Å²) in [7, 11) is 0. The third-order valence-corrected chi connectivity index (χ3v) is 10.9. The predicted molar refractivity (Wildman–Crippen MR) is 159 cm³/mol. The molecule has 4 heterocycles. The smallest absolute Gasteiger partial charge is 0.267 e. The molecule has 0 N–H and O–H groups in total. The lowest BCUT2D eigenvalue weighted by molar-refractivity contribution is -0.136. The number of carbonyl (C=O) groups is 4. The first-order chi connectivity index (χ1) is 18.3. The summed E-state index contributed by atoms with van der Waals surface area (Å²) in [5, 5.41) is 0. The van der Waals surface area contributed by atoms with Crippen molar-refractivity contribution >= 4 is 80.2 Å². The molecule has 4 rings (SSSR count). The molecule has 4 amide bonds. The fourth-order valence-corrected chi connectivity index (χ4v) is 8.44. The van der Waals surface area contributed by atoms with Gasteiger partial charge in [0, 0.05) is 51.1 Å². The van der Waals surface area contributed by atoms with E-state index in [-0.39, 0.29) is 71.5 Å². The Morgan fingerprint density at radius 2 is 1.13 bits per heavy atom. The topological polar surface area (TPSA) is 81.2 Å². The van der Waals surface area contributed by atoms with Gasteiger partial charge in [0.25, 0.3) is 11.8 Å². The van der Waals surface area contributed by atoms with Crippen LogP contribution in [0, 0.1) is 0 Å². The van der Waals surface area contributed by atoms with Crippen molar-refractivity contribution in [2.24, 2.45) is 0 Å². The van der Waals surface area contributed by atoms with E-state index in [2.05, 4.69) is 13.8 Å². The van der Waals surface area contributed by atoms with Crippen LogP contribution in [0.25, 0.3) is 0 Å². The van der Waals surface area contributed by atoms with Crippen LogP contribution in [0.1, 0.15) is 78.1 Å². The van der Waals surface area contributed by atoms with Gasteiger partial charge in [0.15, 0.2) is 0 Å². The number of hydrogen-bond acceptors (Lipinski definition) is 8. The van der Waals surface area contributed by atoms with Crippen molar-refractivity contribution in [3.63, 3.8) is 0 Å². The van der Waals surface area contributed by atoms with Crippen molar-refractivity contribution in [3.8, 4) is 0 Å². The number of piperidine rings is 2. The molecule has 12 heteroatoms. The van der Waals surface area contributed by atoms with Crippen molar-refractivity contribution < 1.29 is 19.2 Å². The fraction of sp³-hybridized carbons (Fsp3) is 0.692. The van der Waals surface area contributed by atoms with Crippen LogP contribution in [0.15, 0.2) is 9.81 Å². The molecule has 0 aromatic rings. The van der Waals surface area contributed by atoms with Crippen LogP contribution >= 0.6 is 48.0 Å². The van der Waals surface area contributed by atoms with Gasteiger partial charge in [0.05, 0.1) is 9.81 Å². The molecule has 0 aromatic carbocycles. The third kappa shape index (κ3) is 6.28. The molecular weight excluding hydrogens is 561 g/mol. The molecule has 4 aliphatic heterocycles. The standard InChI is InChI=1S/C26H36N4O4S4/c1-3-17-9-5-7-13-27(17)19(31)11-15-29-23(33)21(37-25(29)35)22-24(34)30(26(36)38-22)16-12-20(32)28-14-8-6-10-18(28)4-2/h17-18H,3-16H2,1-2H3. The second kappa shape index (κ2) is 13.2. The SMILES string of the molecule is CCC1CCCCN1C(=O)CCN1C(=O)C(=C2SC(=S)N(CCC(=O)N3CCCCC3CC)C2=O)SC1=S. The summed E-state index contributed by atoms with van der Waals surface area (Å²) >= 11 is 13.1. The minimum atomic E-state index is -0.353. The van der Waals surface area contributed by atoms with E-state index >= 15 is 0 Å². The highest BCUT2D eigenvalue weighted by Crippen LogP contribution is 2.42. The van der Waals surface area contributed by atoms with Crippen LogP contribution in [0.2, 0.25) is 0 Å². The van der Waals surface area contributed by atoms with Crippen LogP contribution in [-0.4, -0.2) is 90.1 Å². The zero-order valence-corrected chi connectivity index (χ0v) is 25.4. The number of thiocarbonyl (C=S) groups is 2. The van der Waals surface area contributed by atoms with Gasteiger partial charge < -0.3 is 9.80 Å². The fourth-order valence-electron chi connectivity index (χ4n) is 5.66. The number of hydrogen-bond donors (Lipinski definition) is 0. The third-order valence-electron chi connectivity index (χ3n) is 7.84. The summed E-state index contributed by atoms with van der Waals surface area (Å²) in [6.45, 7) is 6.11. The molecule has 0 spiro atoms. The lowest BCUT2D eigenvalue weighted by Crippen LogP contribution is -2.44. The maximum absolute atomic E-state index is 13.3. The molecule has 4 fully saturated rings. The first-order valence-electron chi connectivity index (χ1n) is 13.7. The van der Waals surface area contributed by atoms with E-state index in [1.807, 2.05) is 9.80 Å². The van der Waals surface area contributed by atoms with E-state index in [9.17, 15) is 19.2 Å². The highest BCUT2D eigenvalue weighted by atomic mass is 32.2. The quantitative estimate of drug-likeness (QED) is 0.304.